The minimum absolute atomic E-state index is 0.132. The molecule has 98 valence electrons. The van der Waals surface area contributed by atoms with E-state index in [0.29, 0.717) is 13.0 Å². The van der Waals surface area contributed by atoms with Crippen LogP contribution in [0.1, 0.15) is 51.4 Å². The Morgan fingerprint density at radius 1 is 0.941 bits per heavy atom. The number of amides is 2. The van der Waals surface area contributed by atoms with Crippen LogP contribution in [0.4, 0.5) is 0 Å². The van der Waals surface area contributed by atoms with Gasteiger partial charge in [-0.2, -0.15) is 0 Å². The van der Waals surface area contributed by atoms with Gasteiger partial charge in [-0.3, -0.25) is 14.8 Å². The zero-order valence-electron chi connectivity index (χ0n) is 10.3. The lowest BCUT2D eigenvalue weighted by atomic mass is 10.2. The van der Waals surface area contributed by atoms with Gasteiger partial charge in [0.05, 0.1) is 0 Å². The lowest BCUT2D eigenvalue weighted by Gasteiger charge is -2.09. The van der Waals surface area contributed by atoms with Crippen molar-refractivity contribution in [2.45, 2.75) is 51.4 Å². The molecule has 2 N–H and O–H groups in total. The summed E-state index contributed by atoms with van der Waals surface area (Å²) in [4.78, 5) is 21.3. The molecule has 0 aliphatic carbocycles. The highest BCUT2D eigenvalue weighted by molar-refractivity contribution is 5.76. The molecule has 0 saturated carbocycles. The molecule has 0 bridgehead atoms. The van der Waals surface area contributed by atoms with Crippen molar-refractivity contribution < 1.29 is 14.8 Å². The second kappa shape index (κ2) is 8.06. The van der Waals surface area contributed by atoms with Gasteiger partial charge in [-0.25, -0.2) is 5.06 Å². The molecule has 2 saturated heterocycles. The first kappa shape index (κ1) is 14.0. The second-order valence-corrected chi connectivity index (χ2v) is 4.49. The molecule has 2 heterocycles. The second-order valence-electron chi connectivity index (χ2n) is 4.49. The maximum Gasteiger partial charge on any atom is 0.245 e. The molecular weight excluding hydrogens is 220 g/mol. The molecule has 2 rings (SSSR count). The average Bonchev–Trinajstić information content (AvgIpc) is 2.65. The Labute approximate surface area is 102 Å². The molecule has 0 spiro atoms. The zero-order chi connectivity index (χ0) is 12.5. The Morgan fingerprint density at radius 2 is 1.65 bits per heavy atom. The molecule has 0 atom stereocenters. The maximum atomic E-state index is 10.7. The van der Waals surface area contributed by atoms with E-state index in [1.54, 1.807) is 0 Å². The summed E-state index contributed by atoms with van der Waals surface area (Å²) >= 11 is 0. The van der Waals surface area contributed by atoms with Crippen LogP contribution in [0.25, 0.3) is 0 Å². The summed E-state index contributed by atoms with van der Waals surface area (Å²) in [7, 11) is 0. The monoisotopic (exact) mass is 242 g/mol. The summed E-state index contributed by atoms with van der Waals surface area (Å²) in [5.74, 6) is 0.0926. The molecule has 5 nitrogen and oxygen atoms in total. The van der Waals surface area contributed by atoms with Crippen LogP contribution in [0.15, 0.2) is 0 Å². The van der Waals surface area contributed by atoms with E-state index in [0.717, 1.165) is 50.1 Å². The van der Waals surface area contributed by atoms with Gasteiger partial charge in [-0.1, -0.05) is 12.8 Å². The van der Waals surface area contributed by atoms with Crippen LogP contribution in [0.2, 0.25) is 0 Å². The quantitative estimate of drug-likeness (QED) is 0.632. The number of nitrogens with zero attached hydrogens (tertiary/aromatic N) is 1. The molecule has 17 heavy (non-hydrogen) atoms. The van der Waals surface area contributed by atoms with Gasteiger partial charge in [-0.05, 0) is 25.7 Å². The highest BCUT2D eigenvalue weighted by Crippen LogP contribution is 2.08. The van der Waals surface area contributed by atoms with E-state index in [1.165, 1.54) is 6.42 Å². The summed E-state index contributed by atoms with van der Waals surface area (Å²) in [6.07, 6.45) is 7.60. The molecule has 0 aromatic rings. The maximum absolute atomic E-state index is 10.7. The molecule has 2 fully saturated rings. The van der Waals surface area contributed by atoms with E-state index < -0.39 is 0 Å². The van der Waals surface area contributed by atoms with E-state index in [9.17, 15) is 9.59 Å². The van der Waals surface area contributed by atoms with Crippen molar-refractivity contribution in [3.63, 3.8) is 0 Å². The van der Waals surface area contributed by atoms with Gasteiger partial charge in [-0.15, -0.1) is 0 Å². The Morgan fingerprint density at radius 3 is 2.47 bits per heavy atom. The van der Waals surface area contributed by atoms with Crippen LogP contribution in [0.3, 0.4) is 0 Å². The number of hydrogen-bond acceptors (Lipinski definition) is 3. The van der Waals surface area contributed by atoms with Crippen LogP contribution in [-0.2, 0) is 9.59 Å². The van der Waals surface area contributed by atoms with E-state index in [2.05, 4.69) is 5.32 Å². The Balaban J connectivity index is 0.000000171. The third kappa shape index (κ3) is 6.26. The van der Waals surface area contributed by atoms with Crippen LogP contribution >= 0.6 is 0 Å². The van der Waals surface area contributed by atoms with Gasteiger partial charge in [0, 0.05) is 25.9 Å². The smallest absolute Gasteiger partial charge is 0.245 e. The molecule has 0 aromatic carbocycles. The first-order valence-electron chi connectivity index (χ1n) is 6.46. The van der Waals surface area contributed by atoms with Crippen molar-refractivity contribution in [2.75, 3.05) is 13.1 Å². The summed E-state index contributed by atoms with van der Waals surface area (Å²) < 4.78 is 0. The Hall–Kier alpha value is -1.10. The van der Waals surface area contributed by atoms with Gasteiger partial charge in [0.15, 0.2) is 0 Å². The molecular formula is C12H22N2O3. The molecule has 0 unspecified atom stereocenters. The molecule has 0 radical (unpaired) electrons. The molecule has 5 heteroatoms. The normalized spacial score (nSPS) is 21.8. The van der Waals surface area contributed by atoms with E-state index in [4.69, 9.17) is 5.21 Å². The fourth-order valence-corrected chi connectivity index (χ4v) is 1.87. The predicted molar refractivity (Wildman–Crippen MR) is 63.4 cm³/mol. The number of hydrogen-bond donors (Lipinski definition) is 2. The molecule has 0 aromatic heterocycles. The van der Waals surface area contributed by atoms with Gasteiger partial charge in [0.1, 0.15) is 0 Å². The number of hydroxylamine groups is 2. The van der Waals surface area contributed by atoms with Crippen molar-refractivity contribution in [1.29, 1.82) is 0 Å². The highest BCUT2D eigenvalue weighted by atomic mass is 16.5. The lowest BCUT2D eigenvalue weighted by molar-refractivity contribution is -0.164. The summed E-state index contributed by atoms with van der Waals surface area (Å²) in [5, 5.41) is 12.5. The number of nitrogens with one attached hydrogen (secondary N) is 1. The fourth-order valence-electron chi connectivity index (χ4n) is 1.87. The van der Waals surface area contributed by atoms with Crippen molar-refractivity contribution in [1.82, 2.24) is 10.4 Å². The van der Waals surface area contributed by atoms with Crippen molar-refractivity contribution in [3.05, 3.63) is 0 Å². The van der Waals surface area contributed by atoms with Gasteiger partial charge >= 0.3 is 0 Å². The lowest BCUT2D eigenvalue weighted by Crippen LogP contribution is -2.25. The van der Waals surface area contributed by atoms with Gasteiger partial charge in [0.25, 0.3) is 0 Å². The molecule has 2 aliphatic heterocycles. The number of rotatable bonds is 0. The van der Waals surface area contributed by atoms with Crippen LogP contribution < -0.4 is 5.32 Å². The van der Waals surface area contributed by atoms with E-state index in [1.807, 2.05) is 0 Å². The van der Waals surface area contributed by atoms with Crippen molar-refractivity contribution in [3.8, 4) is 0 Å². The minimum atomic E-state index is -0.132. The zero-order valence-corrected chi connectivity index (χ0v) is 10.3. The summed E-state index contributed by atoms with van der Waals surface area (Å²) in [6.45, 7) is 1.40. The third-order valence-corrected chi connectivity index (χ3v) is 2.95. The van der Waals surface area contributed by atoms with Crippen LogP contribution in [0, 0.1) is 0 Å². The molecule has 2 amide bonds. The summed E-state index contributed by atoms with van der Waals surface area (Å²) in [6, 6.07) is 0. The number of carbonyl (C=O) groups excluding carboxylic acids is 2. The van der Waals surface area contributed by atoms with Gasteiger partial charge < -0.3 is 5.32 Å². The van der Waals surface area contributed by atoms with Crippen LogP contribution in [-0.4, -0.2) is 35.2 Å². The minimum Gasteiger partial charge on any atom is -0.356 e. The van der Waals surface area contributed by atoms with Gasteiger partial charge in [0.2, 0.25) is 11.8 Å². The topological polar surface area (TPSA) is 69.6 Å². The predicted octanol–water partition coefficient (Wildman–Crippen LogP) is 1.45. The van der Waals surface area contributed by atoms with Crippen molar-refractivity contribution >= 4 is 11.8 Å². The average molecular weight is 242 g/mol. The standard InChI is InChI=1S/C6H11NO2.C6H11NO/c8-6-4-2-1-3-5-7(6)9;8-6-4-2-1-3-5-7-6/h9H,1-5H2;1-5H2,(H,7,8). The van der Waals surface area contributed by atoms with Crippen molar-refractivity contribution in [2.24, 2.45) is 0 Å². The first-order chi connectivity index (χ1) is 8.20. The Kier molecular flexibility index (Phi) is 6.62. The summed E-state index contributed by atoms with van der Waals surface area (Å²) in [5.41, 5.74) is 0. The third-order valence-electron chi connectivity index (χ3n) is 2.95. The molecule has 2 aliphatic rings. The van der Waals surface area contributed by atoms with E-state index >= 15 is 0 Å². The first-order valence-corrected chi connectivity index (χ1v) is 6.46. The van der Waals surface area contributed by atoms with E-state index in [-0.39, 0.29) is 11.8 Å². The largest absolute Gasteiger partial charge is 0.356 e. The fraction of sp³-hybridized carbons (Fsp3) is 0.833. The highest BCUT2D eigenvalue weighted by Gasteiger charge is 2.12. The number of carbonyl (C=O) groups is 2. The van der Waals surface area contributed by atoms with Crippen LogP contribution in [0.5, 0.6) is 0 Å². The SMILES string of the molecule is O=C1CCCCCN1.O=C1CCCCCN1O. The Bertz CT molecular complexity index is 246.